The van der Waals surface area contributed by atoms with Crippen LogP contribution in [-0.4, -0.2) is 38.8 Å². The average Bonchev–Trinajstić information content (AvgIpc) is 2.29. The van der Waals surface area contributed by atoms with Crippen LogP contribution in [0.25, 0.3) is 0 Å². The first-order valence-corrected chi connectivity index (χ1v) is 6.41. The van der Waals surface area contributed by atoms with Gasteiger partial charge >= 0.3 is 0 Å². The van der Waals surface area contributed by atoms with Gasteiger partial charge in [-0.3, -0.25) is 4.99 Å². The summed E-state index contributed by atoms with van der Waals surface area (Å²) < 4.78 is 5.49. The fourth-order valence-electron chi connectivity index (χ4n) is 1.15. The Labute approximate surface area is 129 Å². The SMILES string of the molecule is C=CCNC(=NCCOCCC(C)C)NCC.I. The van der Waals surface area contributed by atoms with E-state index in [1.165, 1.54) is 0 Å². The van der Waals surface area contributed by atoms with Crippen LogP contribution in [0.15, 0.2) is 17.6 Å². The minimum Gasteiger partial charge on any atom is -0.380 e. The molecule has 0 spiro atoms. The minimum absolute atomic E-state index is 0. The lowest BCUT2D eigenvalue weighted by molar-refractivity contribution is 0.130. The molecule has 0 aromatic heterocycles. The zero-order valence-electron chi connectivity index (χ0n) is 11.9. The first-order chi connectivity index (χ1) is 8.20. The van der Waals surface area contributed by atoms with E-state index >= 15 is 0 Å². The first-order valence-electron chi connectivity index (χ1n) is 6.41. The maximum Gasteiger partial charge on any atom is 0.191 e. The van der Waals surface area contributed by atoms with Crippen molar-refractivity contribution in [2.75, 3.05) is 32.8 Å². The topological polar surface area (TPSA) is 45.7 Å². The zero-order valence-corrected chi connectivity index (χ0v) is 14.2. The van der Waals surface area contributed by atoms with Gasteiger partial charge in [-0.15, -0.1) is 30.6 Å². The van der Waals surface area contributed by atoms with Crippen molar-refractivity contribution in [3.63, 3.8) is 0 Å². The Bertz CT molecular complexity index is 220. The molecule has 2 N–H and O–H groups in total. The molecule has 0 unspecified atom stereocenters. The number of halogens is 1. The van der Waals surface area contributed by atoms with E-state index in [1.54, 1.807) is 0 Å². The molecule has 108 valence electrons. The van der Waals surface area contributed by atoms with E-state index in [-0.39, 0.29) is 24.0 Å². The lowest BCUT2D eigenvalue weighted by atomic mass is 10.1. The molecule has 0 saturated carbocycles. The van der Waals surface area contributed by atoms with E-state index in [4.69, 9.17) is 4.74 Å². The molecule has 5 heteroatoms. The van der Waals surface area contributed by atoms with Crippen molar-refractivity contribution in [2.24, 2.45) is 10.9 Å². The van der Waals surface area contributed by atoms with Crippen molar-refractivity contribution in [1.82, 2.24) is 10.6 Å². The van der Waals surface area contributed by atoms with Gasteiger partial charge in [-0.2, -0.15) is 0 Å². The van der Waals surface area contributed by atoms with Crippen molar-refractivity contribution < 1.29 is 4.74 Å². The fraction of sp³-hybridized carbons (Fsp3) is 0.769. The van der Waals surface area contributed by atoms with Crippen LogP contribution in [0, 0.1) is 5.92 Å². The van der Waals surface area contributed by atoms with Crippen LogP contribution in [0.5, 0.6) is 0 Å². The Morgan fingerprint density at radius 2 is 2.06 bits per heavy atom. The largest absolute Gasteiger partial charge is 0.380 e. The third-order valence-corrected chi connectivity index (χ3v) is 2.10. The summed E-state index contributed by atoms with van der Waals surface area (Å²) in [6.45, 7) is 13.9. The number of rotatable bonds is 9. The van der Waals surface area contributed by atoms with Crippen LogP contribution < -0.4 is 10.6 Å². The summed E-state index contributed by atoms with van der Waals surface area (Å²) in [5.41, 5.74) is 0. The second-order valence-electron chi connectivity index (χ2n) is 4.23. The van der Waals surface area contributed by atoms with E-state index in [1.807, 2.05) is 13.0 Å². The third kappa shape index (κ3) is 13.8. The zero-order chi connectivity index (χ0) is 12.9. The molecule has 0 amide bonds. The van der Waals surface area contributed by atoms with Gasteiger partial charge in [0.2, 0.25) is 0 Å². The molecule has 0 fully saturated rings. The van der Waals surface area contributed by atoms with Gasteiger partial charge in [-0.05, 0) is 19.3 Å². The van der Waals surface area contributed by atoms with Crippen LogP contribution in [-0.2, 0) is 4.74 Å². The van der Waals surface area contributed by atoms with Crippen molar-refractivity contribution in [3.8, 4) is 0 Å². The quantitative estimate of drug-likeness (QED) is 0.216. The summed E-state index contributed by atoms with van der Waals surface area (Å²) in [5, 5.41) is 6.31. The lowest BCUT2D eigenvalue weighted by Crippen LogP contribution is -2.37. The van der Waals surface area contributed by atoms with Crippen molar-refractivity contribution in [3.05, 3.63) is 12.7 Å². The van der Waals surface area contributed by atoms with Crippen LogP contribution in [0.1, 0.15) is 27.2 Å². The molecule has 0 heterocycles. The van der Waals surface area contributed by atoms with E-state index in [2.05, 4.69) is 36.1 Å². The molecule has 0 rings (SSSR count). The van der Waals surface area contributed by atoms with E-state index in [9.17, 15) is 0 Å². The molecule has 0 radical (unpaired) electrons. The summed E-state index contributed by atoms with van der Waals surface area (Å²) in [6.07, 6.45) is 2.92. The van der Waals surface area contributed by atoms with Gasteiger partial charge in [-0.1, -0.05) is 19.9 Å². The molecule has 4 nitrogen and oxygen atoms in total. The van der Waals surface area contributed by atoms with Gasteiger partial charge in [0, 0.05) is 19.7 Å². The standard InChI is InChI=1S/C13H27N3O.HI/c1-5-8-15-13(14-6-2)16-9-11-17-10-7-12(3)4;/h5,12H,1,6-11H2,2-4H3,(H2,14,15,16);1H. The molecule has 0 saturated heterocycles. The maximum atomic E-state index is 5.49. The number of nitrogens with one attached hydrogen (secondary N) is 2. The molecule has 0 aromatic carbocycles. The summed E-state index contributed by atoms with van der Waals surface area (Å²) in [7, 11) is 0. The first kappa shape index (κ1) is 20.0. The van der Waals surface area contributed by atoms with Gasteiger partial charge in [-0.25, -0.2) is 0 Å². The predicted molar refractivity (Wildman–Crippen MR) is 89.9 cm³/mol. The molecular weight excluding hydrogens is 341 g/mol. The average molecular weight is 369 g/mol. The number of ether oxygens (including phenoxy) is 1. The van der Waals surface area contributed by atoms with Crippen LogP contribution >= 0.6 is 24.0 Å². The highest BCUT2D eigenvalue weighted by atomic mass is 127. The molecule has 0 aromatic rings. The summed E-state index contributed by atoms with van der Waals surface area (Å²) in [4.78, 5) is 4.39. The highest BCUT2D eigenvalue weighted by Gasteiger charge is 1.95. The molecule has 18 heavy (non-hydrogen) atoms. The van der Waals surface area contributed by atoms with Crippen molar-refractivity contribution in [2.45, 2.75) is 27.2 Å². The van der Waals surface area contributed by atoms with E-state index < -0.39 is 0 Å². The molecule has 0 bridgehead atoms. The summed E-state index contributed by atoms with van der Waals surface area (Å²) in [5.74, 6) is 1.52. The van der Waals surface area contributed by atoms with Crippen LogP contribution in [0.3, 0.4) is 0 Å². The van der Waals surface area contributed by atoms with Crippen LogP contribution in [0.4, 0.5) is 0 Å². The number of guanidine groups is 1. The van der Waals surface area contributed by atoms with Crippen molar-refractivity contribution >= 4 is 29.9 Å². The highest BCUT2D eigenvalue weighted by Crippen LogP contribution is 1.98. The van der Waals surface area contributed by atoms with E-state index in [0.717, 1.165) is 32.1 Å². The van der Waals surface area contributed by atoms with Gasteiger partial charge in [0.1, 0.15) is 0 Å². The summed E-state index contributed by atoms with van der Waals surface area (Å²) in [6, 6.07) is 0. The monoisotopic (exact) mass is 369 g/mol. The minimum atomic E-state index is 0. The van der Waals surface area contributed by atoms with Gasteiger partial charge < -0.3 is 15.4 Å². The Hall–Kier alpha value is -0.300. The molecular formula is C13H28IN3O. The van der Waals surface area contributed by atoms with Gasteiger partial charge in [0.15, 0.2) is 5.96 Å². The predicted octanol–water partition coefficient (Wildman–Crippen LogP) is 2.41. The second-order valence-corrected chi connectivity index (χ2v) is 4.23. The smallest absolute Gasteiger partial charge is 0.191 e. The Morgan fingerprint density at radius 1 is 1.33 bits per heavy atom. The normalized spacial score (nSPS) is 11.0. The van der Waals surface area contributed by atoms with Crippen LogP contribution in [0.2, 0.25) is 0 Å². The number of aliphatic imine (C=N–C) groups is 1. The van der Waals surface area contributed by atoms with Gasteiger partial charge in [0.25, 0.3) is 0 Å². The molecule has 0 aliphatic rings. The maximum absolute atomic E-state index is 5.49. The number of hydrogen-bond donors (Lipinski definition) is 2. The number of hydrogen-bond acceptors (Lipinski definition) is 2. The molecule has 0 aliphatic carbocycles. The molecule has 0 atom stereocenters. The Balaban J connectivity index is 0. The highest BCUT2D eigenvalue weighted by molar-refractivity contribution is 14.0. The Morgan fingerprint density at radius 3 is 2.61 bits per heavy atom. The second kappa shape index (κ2) is 14.8. The lowest BCUT2D eigenvalue weighted by Gasteiger charge is -2.09. The summed E-state index contributed by atoms with van der Waals surface area (Å²) >= 11 is 0. The molecule has 0 aliphatic heterocycles. The number of nitrogens with zero attached hydrogens (tertiary/aromatic N) is 1. The van der Waals surface area contributed by atoms with Crippen molar-refractivity contribution in [1.29, 1.82) is 0 Å². The fourth-order valence-corrected chi connectivity index (χ4v) is 1.15. The Kier molecular flexibility index (Phi) is 16.4. The third-order valence-electron chi connectivity index (χ3n) is 2.10. The van der Waals surface area contributed by atoms with E-state index in [0.29, 0.717) is 19.1 Å². The van der Waals surface area contributed by atoms with Gasteiger partial charge in [0.05, 0.1) is 13.2 Å².